The first-order valence-corrected chi connectivity index (χ1v) is 9.75. The van der Waals surface area contributed by atoms with Gasteiger partial charge in [0.2, 0.25) is 11.8 Å². The fraction of sp³-hybridized carbons (Fsp3) is 0.412. The van der Waals surface area contributed by atoms with Crippen molar-refractivity contribution in [3.05, 3.63) is 34.9 Å². The Labute approximate surface area is 164 Å². The topological polar surface area (TPSA) is 103 Å². The maximum Gasteiger partial charge on any atom is 0.237 e. The number of benzene rings is 1. The predicted octanol–water partition coefficient (Wildman–Crippen LogP) is 2.94. The molecule has 1 aliphatic carbocycles. The number of hydrogen-bond acceptors (Lipinski definition) is 5. The molecule has 1 saturated carbocycles. The van der Waals surface area contributed by atoms with Crippen molar-refractivity contribution in [3.8, 4) is 0 Å². The quantitative estimate of drug-likeness (QED) is 0.650. The number of rotatable bonds is 8. The fourth-order valence-electron chi connectivity index (χ4n) is 2.50. The number of primary amides is 1. The van der Waals surface area contributed by atoms with E-state index in [-0.39, 0.29) is 17.4 Å². The molecule has 10 heteroatoms. The van der Waals surface area contributed by atoms with E-state index in [2.05, 4.69) is 15.5 Å². The third-order valence-electron chi connectivity index (χ3n) is 4.11. The van der Waals surface area contributed by atoms with Crippen LogP contribution in [0.5, 0.6) is 0 Å². The van der Waals surface area contributed by atoms with Crippen LogP contribution in [-0.2, 0) is 16.1 Å². The van der Waals surface area contributed by atoms with Crippen molar-refractivity contribution in [1.29, 1.82) is 0 Å². The zero-order valence-corrected chi connectivity index (χ0v) is 16.2. The van der Waals surface area contributed by atoms with Crippen molar-refractivity contribution in [2.45, 2.75) is 49.1 Å². The molecular weight excluding hydrogens is 393 g/mol. The molecule has 27 heavy (non-hydrogen) atoms. The number of nitrogens with zero attached hydrogens (tertiary/aromatic N) is 3. The Bertz CT molecular complexity index is 871. The van der Waals surface area contributed by atoms with Gasteiger partial charge in [-0.2, -0.15) is 0 Å². The largest absolute Gasteiger partial charge is 0.370 e. The van der Waals surface area contributed by atoms with Crippen LogP contribution in [0.25, 0.3) is 0 Å². The maximum absolute atomic E-state index is 13.1. The fourth-order valence-corrected chi connectivity index (χ4v) is 3.60. The highest BCUT2D eigenvalue weighted by Crippen LogP contribution is 2.40. The average molecular weight is 412 g/mol. The van der Waals surface area contributed by atoms with Gasteiger partial charge >= 0.3 is 0 Å². The van der Waals surface area contributed by atoms with Gasteiger partial charge in [-0.25, -0.2) is 4.39 Å². The molecule has 1 heterocycles. The number of thioether (sulfide) groups is 1. The van der Waals surface area contributed by atoms with Gasteiger partial charge in [-0.15, -0.1) is 10.2 Å². The number of hydrogen-bond donors (Lipinski definition) is 2. The van der Waals surface area contributed by atoms with Gasteiger partial charge in [0.05, 0.1) is 16.0 Å². The lowest BCUT2D eigenvalue weighted by Crippen LogP contribution is -2.23. The summed E-state index contributed by atoms with van der Waals surface area (Å²) in [5.41, 5.74) is 5.60. The van der Waals surface area contributed by atoms with Crippen LogP contribution >= 0.6 is 23.4 Å². The van der Waals surface area contributed by atoms with Gasteiger partial charge in [-0.05, 0) is 38.0 Å². The second-order valence-electron chi connectivity index (χ2n) is 6.36. The standard InChI is InChI=1S/C17H19ClFN5O2S/c1-9(16(26)21-13-5-4-11(19)8-12(13)18)27-17-23-22-15(10-2-3-10)24(17)7-6-14(20)25/h4-5,8-10H,2-3,6-7H2,1H3,(H2,20,25)(H,21,26). The summed E-state index contributed by atoms with van der Waals surface area (Å²) in [6.45, 7) is 2.11. The maximum atomic E-state index is 13.1. The Morgan fingerprint density at radius 2 is 2.19 bits per heavy atom. The van der Waals surface area contributed by atoms with Crippen LogP contribution < -0.4 is 11.1 Å². The van der Waals surface area contributed by atoms with E-state index in [1.165, 1.54) is 23.9 Å². The molecular formula is C17H19ClFN5O2S. The van der Waals surface area contributed by atoms with Crippen molar-refractivity contribution in [3.63, 3.8) is 0 Å². The molecule has 7 nitrogen and oxygen atoms in total. The lowest BCUT2D eigenvalue weighted by atomic mass is 10.3. The van der Waals surface area contributed by atoms with Gasteiger partial charge in [0, 0.05) is 18.9 Å². The summed E-state index contributed by atoms with van der Waals surface area (Å²) >= 11 is 7.18. The molecule has 1 aromatic carbocycles. The van der Waals surface area contributed by atoms with Crippen LogP contribution in [0.15, 0.2) is 23.4 Å². The predicted molar refractivity (Wildman–Crippen MR) is 101 cm³/mol. The van der Waals surface area contributed by atoms with E-state index in [1.807, 2.05) is 4.57 Å². The number of carbonyl (C=O) groups excluding carboxylic acids is 2. The van der Waals surface area contributed by atoms with E-state index in [4.69, 9.17) is 17.3 Å². The van der Waals surface area contributed by atoms with Crippen molar-refractivity contribution >= 4 is 40.9 Å². The van der Waals surface area contributed by atoms with E-state index >= 15 is 0 Å². The number of nitrogens with one attached hydrogen (secondary N) is 1. The summed E-state index contributed by atoms with van der Waals surface area (Å²) in [4.78, 5) is 23.6. The monoisotopic (exact) mass is 411 g/mol. The van der Waals surface area contributed by atoms with E-state index in [0.29, 0.717) is 23.3 Å². The minimum Gasteiger partial charge on any atom is -0.370 e. The summed E-state index contributed by atoms with van der Waals surface area (Å²) in [5, 5.41) is 11.3. The van der Waals surface area contributed by atoms with Gasteiger partial charge in [0.15, 0.2) is 5.16 Å². The third-order valence-corrected chi connectivity index (χ3v) is 5.50. The normalized spacial score (nSPS) is 14.8. The minimum absolute atomic E-state index is 0.126. The highest BCUT2D eigenvalue weighted by molar-refractivity contribution is 8.00. The van der Waals surface area contributed by atoms with Crippen LogP contribution in [-0.4, -0.2) is 31.8 Å². The molecule has 0 spiro atoms. The zero-order chi connectivity index (χ0) is 19.6. The smallest absolute Gasteiger partial charge is 0.237 e. The molecule has 2 aromatic rings. The Balaban J connectivity index is 1.70. The Hall–Kier alpha value is -2.13. The number of carbonyl (C=O) groups is 2. The molecule has 1 aliphatic rings. The minimum atomic E-state index is -0.505. The highest BCUT2D eigenvalue weighted by atomic mass is 35.5. The number of nitrogens with two attached hydrogens (primary N) is 1. The van der Waals surface area contributed by atoms with Gasteiger partial charge in [-0.3, -0.25) is 9.59 Å². The van der Waals surface area contributed by atoms with Crippen LogP contribution in [0, 0.1) is 5.82 Å². The molecule has 1 unspecified atom stereocenters. The SMILES string of the molecule is CC(Sc1nnc(C2CC2)n1CCC(N)=O)C(=O)Nc1ccc(F)cc1Cl. The van der Waals surface area contributed by atoms with Crippen LogP contribution in [0.1, 0.15) is 37.9 Å². The van der Waals surface area contributed by atoms with E-state index in [0.717, 1.165) is 24.7 Å². The summed E-state index contributed by atoms with van der Waals surface area (Å²) in [5.74, 6) is -0.00512. The Kier molecular flexibility index (Phi) is 6.01. The molecule has 0 bridgehead atoms. The summed E-state index contributed by atoms with van der Waals surface area (Å²) < 4.78 is 15.0. The lowest BCUT2D eigenvalue weighted by molar-refractivity contribution is -0.118. The molecule has 0 aliphatic heterocycles. The molecule has 0 radical (unpaired) electrons. The Morgan fingerprint density at radius 3 is 2.81 bits per heavy atom. The number of anilines is 1. The first-order valence-electron chi connectivity index (χ1n) is 8.49. The molecule has 1 fully saturated rings. The lowest BCUT2D eigenvalue weighted by Gasteiger charge is -2.14. The van der Waals surface area contributed by atoms with E-state index in [1.54, 1.807) is 6.92 Å². The van der Waals surface area contributed by atoms with Crippen LogP contribution in [0.4, 0.5) is 10.1 Å². The van der Waals surface area contributed by atoms with Crippen molar-refractivity contribution < 1.29 is 14.0 Å². The number of halogens is 2. The van der Waals surface area contributed by atoms with Gasteiger partial charge in [-0.1, -0.05) is 23.4 Å². The molecule has 1 atom stereocenters. The van der Waals surface area contributed by atoms with Crippen molar-refractivity contribution in [2.24, 2.45) is 5.73 Å². The highest BCUT2D eigenvalue weighted by Gasteiger charge is 2.31. The summed E-state index contributed by atoms with van der Waals surface area (Å²) in [6, 6.07) is 3.77. The first kappa shape index (κ1) is 19.6. The second-order valence-corrected chi connectivity index (χ2v) is 8.07. The molecule has 3 rings (SSSR count). The number of amides is 2. The molecule has 2 amide bonds. The molecule has 1 aromatic heterocycles. The molecule has 144 valence electrons. The van der Waals surface area contributed by atoms with Crippen molar-refractivity contribution in [2.75, 3.05) is 5.32 Å². The third kappa shape index (κ3) is 4.98. The second kappa shape index (κ2) is 8.26. The van der Waals surface area contributed by atoms with Crippen LogP contribution in [0.2, 0.25) is 5.02 Å². The first-order chi connectivity index (χ1) is 12.8. The molecule has 3 N–H and O–H groups in total. The van der Waals surface area contributed by atoms with Gasteiger partial charge < -0.3 is 15.6 Å². The van der Waals surface area contributed by atoms with Gasteiger partial charge in [0.25, 0.3) is 0 Å². The summed E-state index contributed by atoms with van der Waals surface area (Å²) in [6.07, 6.45) is 2.26. The summed E-state index contributed by atoms with van der Waals surface area (Å²) in [7, 11) is 0. The molecule has 0 saturated heterocycles. The average Bonchev–Trinajstić information content (AvgIpc) is 3.37. The zero-order valence-electron chi connectivity index (χ0n) is 14.6. The van der Waals surface area contributed by atoms with Crippen molar-refractivity contribution in [1.82, 2.24) is 14.8 Å². The number of aromatic nitrogens is 3. The van der Waals surface area contributed by atoms with E-state index in [9.17, 15) is 14.0 Å². The van der Waals surface area contributed by atoms with Gasteiger partial charge in [0.1, 0.15) is 11.6 Å². The Morgan fingerprint density at radius 1 is 1.44 bits per heavy atom. The van der Waals surface area contributed by atoms with Crippen LogP contribution in [0.3, 0.4) is 0 Å². The van der Waals surface area contributed by atoms with E-state index < -0.39 is 17.0 Å².